The predicted octanol–water partition coefficient (Wildman–Crippen LogP) is 3.98. The van der Waals surface area contributed by atoms with E-state index in [1.807, 2.05) is 0 Å². The van der Waals surface area contributed by atoms with E-state index in [2.05, 4.69) is 43.3 Å². The van der Waals surface area contributed by atoms with Crippen LogP contribution in [0.15, 0.2) is 36.4 Å². The lowest BCUT2D eigenvalue weighted by Gasteiger charge is -2.32. The van der Waals surface area contributed by atoms with E-state index in [1.54, 1.807) is 0 Å². The number of aliphatic hydroxyl groups excluding tert-OH is 1. The van der Waals surface area contributed by atoms with Crippen molar-refractivity contribution in [1.82, 2.24) is 0 Å². The molecule has 2 aromatic carbocycles. The summed E-state index contributed by atoms with van der Waals surface area (Å²) < 4.78 is 0. The van der Waals surface area contributed by atoms with Crippen LogP contribution in [0.3, 0.4) is 0 Å². The molecule has 1 unspecified atom stereocenters. The van der Waals surface area contributed by atoms with Crippen molar-refractivity contribution in [3.05, 3.63) is 47.5 Å². The molecule has 0 aliphatic heterocycles. The molecule has 0 amide bonds. The van der Waals surface area contributed by atoms with Gasteiger partial charge in [0.2, 0.25) is 0 Å². The lowest BCUT2D eigenvalue weighted by Crippen LogP contribution is -2.20. The van der Waals surface area contributed by atoms with Gasteiger partial charge in [-0.1, -0.05) is 42.8 Å². The number of rotatable bonds is 2. The fraction of sp³-hybridized carbons (Fsp3) is 0.375. The van der Waals surface area contributed by atoms with E-state index < -0.39 is 0 Å². The lowest BCUT2D eigenvalue weighted by atomic mass is 9.77. The van der Waals surface area contributed by atoms with Gasteiger partial charge in [-0.3, -0.25) is 0 Å². The molecule has 0 aromatic heterocycles. The molecule has 0 radical (unpaired) electrons. The zero-order valence-corrected chi connectivity index (χ0v) is 10.2. The highest BCUT2D eigenvalue weighted by atomic mass is 16.3. The normalized spacial score (nSPS) is 18.0. The van der Waals surface area contributed by atoms with Crippen LogP contribution in [0.4, 0.5) is 0 Å². The van der Waals surface area contributed by atoms with Crippen molar-refractivity contribution < 1.29 is 5.11 Å². The number of hydrogen-bond donors (Lipinski definition) is 1. The van der Waals surface area contributed by atoms with E-state index in [0.29, 0.717) is 5.92 Å². The highest BCUT2D eigenvalue weighted by Gasteiger charge is 2.28. The minimum atomic E-state index is -0.283. The molecule has 0 spiro atoms. The standard InChI is InChI=1S/C16H18O/c1-11-9-10-12-5-2-3-8-14(12)15(11)16(17)13-6-4-7-13/h2-3,5,8-10,13,16-17H,4,6-7H2,1H3. The Kier molecular flexibility index (Phi) is 2.64. The quantitative estimate of drug-likeness (QED) is 0.821. The first-order valence-electron chi connectivity index (χ1n) is 6.43. The van der Waals surface area contributed by atoms with Gasteiger partial charge in [0.25, 0.3) is 0 Å². The van der Waals surface area contributed by atoms with E-state index in [4.69, 9.17) is 0 Å². The third-order valence-corrected chi connectivity index (χ3v) is 4.08. The third-order valence-electron chi connectivity index (χ3n) is 4.08. The summed E-state index contributed by atoms with van der Waals surface area (Å²) in [5.74, 6) is 0.472. The average Bonchev–Trinajstić information content (AvgIpc) is 2.26. The van der Waals surface area contributed by atoms with Crippen molar-refractivity contribution in [1.29, 1.82) is 0 Å². The molecule has 2 aromatic rings. The molecule has 3 rings (SSSR count). The lowest BCUT2D eigenvalue weighted by molar-refractivity contribution is 0.0628. The summed E-state index contributed by atoms with van der Waals surface area (Å²) >= 11 is 0. The van der Waals surface area contributed by atoms with Crippen LogP contribution in [0.2, 0.25) is 0 Å². The molecule has 0 heterocycles. The second-order valence-corrected chi connectivity index (χ2v) is 5.15. The Morgan fingerprint density at radius 1 is 1.12 bits per heavy atom. The highest BCUT2D eigenvalue weighted by molar-refractivity contribution is 5.87. The molecule has 1 nitrogen and oxygen atoms in total. The molecule has 1 atom stereocenters. The van der Waals surface area contributed by atoms with Gasteiger partial charge in [0.05, 0.1) is 6.10 Å². The SMILES string of the molecule is Cc1ccc2ccccc2c1C(O)C1CCC1. The van der Waals surface area contributed by atoms with Gasteiger partial charge >= 0.3 is 0 Å². The largest absolute Gasteiger partial charge is 0.388 e. The summed E-state index contributed by atoms with van der Waals surface area (Å²) in [6.07, 6.45) is 3.33. The van der Waals surface area contributed by atoms with Crippen molar-refractivity contribution in [2.45, 2.75) is 32.3 Å². The van der Waals surface area contributed by atoms with Gasteiger partial charge in [-0.15, -0.1) is 0 Å². The minimum absolute atomic E-state index is 0.283. The zero-order chi connectivity index (χ0) is 11.8. The Bertz CT molecular complexity index is 540. The molecular weight excluding hydrogens is 208 g/mol. The van der Waals surface area contributed by atoms with E-state index in [9.17, 15) is 5.11 Å². The first-order chi connectivity index (χ1) is 8.27. The fourth-order valence-electron chi connectivity index (χ4n) is 2.79. The molecule has 1 heteroatoms. The number of hydrogen-bond acceptors (Lipinski definition) is 1. The van der Waals surface area contributed by atoms with Crippen molar-refractivity contribution in [2.24, 2.45) is 5.92 Å². The summed E-state index contributed by atoms with van der Waals surface area (Å²) in [6.45, 7) is 2.10. The maximum atomic E-state index is 10.5. The van der Waals surface area contributed by atoms with Crippen molar-refractivity contribution >= 4 is 10.8 Å². The van der Waals surface area contributed by atoms with E-state index in [-0.39, 0.29) is 6.10 Å². The summed E-state index contributed by atoms with van der Waals surface area (Å²) in [5, 5.41) is 13.0. The molecule has 88 valence electrons. The summed E-state index contributed by atoms with van der Waals surface area (Å²) in [7, 11) is 0. The Hall–Kier alpha value is -1.34. The first-order valence-corrected chi connectivity index (χ1v) is 6.43. The number of fused-ring (bicyclic) bond motifs is 1. The van der Waals surface area contributed by atoms with Crippen LogP contribution in [0.25, 0.3) is 10.8 Å². The first kappa shape index (κ1) is 10.8. The molecule has 1 N–H and O–H groups in total. The predicted molar refractivity (Wildman–Crippen MR) is 71.0 cm³/mol. The smallest absolute Gasteiger partial charge is 0.0826 e. The van der Waals surface area contributed by atoms with Gasteiger partial charge < -0.3 is 5.11 Å². The molecule has 0 saturated heterocycles. The molecule has 17 heavy (non-hydrogen) atoms. The Morgan fingerprint density at radius 2 is 1.88 bits per heavy atom. The van der Waals surface area contributed by atoms with Crippen molar-refractivity contribution in [3.8, 4) is 0 Å². The number of aliphatic hydroxyl groups is 1. The van der Waals surface area contributed by atoms with Crippen LogP contribution in [0.5, 0.6) is 0 Å². The number of benzene rings is 2. The van der Waals surface area contributed by atoms with E-state index in [0.717, 1.165) is 5.56 Å². The summed E-state index contributed by atoms with van der Waals surface area (Å²) in [6, 6.07) is 12.6. The van der Waals surface area contributed by atoms with Crippen LogP contribution in [0, 0.1) is 12.8 Å². The van der Waals surface area contributed by atoms with Gasteiger partial charge in [0.15, 0.2) is 0 Å². The van der Waals surface area contributed by atoms with Crippen LogP contribution in [-0.2, 0) is 0 Å². The Balaban J connectivity index is 2.15. The molecule has 1 aliphatic carbocycles. The monoisotopic (exact) mass is 226 g/mol. The van der Waals surface area contributed by atoms with Gasteiger partial charge in [-0.05, 0) is 47.6 Å². The zero-order valence-electron chi connectivity index (χ0n) is 10.2. The molecule has 1 aliphatic rings. The molecular formula is C16H18O. The molecule has 1 fully saturated rings. The van der Waals surface area contributed by atoms with Crippen molar-refractivity contribution in [3.63, 3.8) is 0 Å². The highest BCUT2D eigenvalue weighted by Crippen LogP contribution is 2.40. The Labute approximate surface area is 102 Å². The van der Waals surface area contributed by atoms with Crippen molar-refractivity contribution in [2.75, 3.05) is 0 Å². The maximum absolute atomic E-state index is 10.5. The second-order valence-electron chi connectivity index (χ2n) is 5.15. The summed E-state index contributed by atoms with van der Waals surface area (Å²) in [5.41, 5.74) is 2.36. The molecule has 0 bridgehead atoms. The molecule has 1 saturated carbocycles. The number of aryl methyl sites for hydroxylation is 1. The summed E-state index contributed by atoms with van der Waals surface area (Å²) in [4.78, 5) is 0. The van der Waals surface area contributed by atoms with Crippen LogP contribution in [0.1, 0.15) is 36.5 Å². The maximum Gasteiger partial charge on any atom is 0.0826 e. The van der Waals surface area contributed by atoms with Crippen LogP contribution >= 0.6 is 0 Å². The average molecular weight is 226 g/mol. The van der Waals surface area contributed by atoms with Crippen LogP contribution in [-0.4, -0.2) is 5.11 Å². The van der Waals surface area contributed by atoms with Gasteiger partial charge in [-0.25, -0.2) is 0 Å². The van der Waals surface area contributed by atoms with E-state index >= 15 is 0 Å². The third kappa shape index (κ3) is 1.75. The topological polar surface area (TPSA) is 20.2 Å². The van der Waals surface area contributed by atoms with Crippen LogP contribution < -0.4 is 0 Å². The Morgan fingerprint density at radius 3 is 2.59 bits per heavy atom. The van der Waals surface area contributed by atoms with E-state index in [1.165, 1.54) is 35.6 Å². The van der Waals surface area contributed by atoms with Gasteiger partial charge in [-0.2, -0.15) is 0 Å². The van der Waals surface area contributed by atoms with Gasteiger partial charge in [0.1, 0.15) is 0 Å². The second kappa shape index (κ2) is 4.15. The minimum Gasteiger partial charge on any atom is -0.388 e. The van der Waals surface area contributed by atoms with Gasteiger partial charge in [0, 0.05) is 0 Å². The fourth-order valence-corrected chi connectivity index (χ4v) is 2.79.